The van der Waals surface area contributed by atoms with Gasteiger partial charge in [0.15, 0.2) is 0 Å². The largest absolute Gasteiger partial charge is 0.334 e. The number of benzene rings is 2. The highest BCUT2D eigenvalue weighted by atomic mass is 32.2. The van der Waals surface area contributed by atoms with Crippen LogP contribution in [0.2, 0.25) is 0 Å². The van der Waals surface area contributed by atoms with Gasteiger partial charge in [-0.15, -0.1) is 0 Å². The van der Waals surface area contributed by atoms with E-state index in [-0.39, 0.29) is 11.8 Å². The molecular formula is C18H23N3O3S. The van der Waals surface area contributed by atoms with Gasteiger partial charge in [0.1, 0.15) is 0 Å². The first-order chi connectivity index (χ1) is 11.8. The Kier molecular flexibility index (Phi) is 6.03. The highest BCUT2D eigenvalue weighted by Gasteiger charge is 2.10. The molecule has 2 amide bonds. The molecule has 0 aliphatic heterocycles. The van der Waals surface area contributed by atoms with E-state index in [0.29, 0.717) is 17.9 Å². The van der Waals surface area contributed by atoms with Crippen LogP contribution in [0.3, 0.4) is 0 Å². The van der Waals surface area contributed by atoms with E-state index >= 15 is 0 Å². The van der Waals surface area contributed by atoms with Crippen molar-refractivity contribution in [1.29, 1.82) is 0 Å². The Bertz CT molecular complexity index is 846. The third-order valence-corrected chi connectivity index (χ3v) is 4.99. The molecule has 0 aromatic heterocycles. The van der Waals surface area contributed by atoms with Crippen LogP contribution in [0, 0.1) is 13.8 Å². The molecule has 25 heavy (non-hydrogen) atoms. The van der Waals surface area contributed by atoms with E-state index in [1.165, 1.54) is 5.56 Å². The van der Waals surface area contributed by atoms with E-state index in [0.717, 1.165) is 11.1 Å². The number of urea groups is 1. The second kappa shape index (κ2) is 8.02. The first-order valence-corrected chi connectivity index (χ1v) is 9.66. The molecule has 7 heteroatoms. The Balaban J connectivity index is 1.94. The summed E-state index contributed by atoms with van der Waals surface area (Å²) >= 11 is 0. The number of aryl methyl sites for hydroxylation is 2. The average molecular weight is 361 g/mol. The molecule has 0 aliphatic carbocycles. The molecule has 2 aromatic rings. The fourth-order valence-electron chi connectivity index (χ4n) is 2.16. The van der Waals surface area contributed by atoms with Gasteiger partial charge >= 0.3 is 6.03 Å². The maximum Gasteiger partial charge on any atom is 0.319 e. The monoisotopic (exact) mass is 361 g/mol. The minimum Gasteiger partial charge on any atom is -0.334 e. The van der Waals surface area contributed by atoms with Crippen molar-refractivity contribution in [2.24, 2.45) is 0 Å². The zero-order chi connectivity index (χ0) is 18.4. The van der Waals surface area contributed by atoms with Crippen LogP contribution < -0.4 is 15.4 Å². The lowest BCUT2D eigenvalue weighted by Crippen LogP contribution is -2.28. The van der Waals surface area contributed by atoms with E-state index in [1.807, 2.05) is 31.2 Å². The zero-order valence-corrected chi connectivity index (χ0v) is 15.4. The van der Waals surface area contributed by atoms with Gasteiger partial charge in [-0.25, -0.2) is 13.2 Å². The molecule has 0 saturated heterocycles. The van der Waals surface area contributed by atoms with Crippen LogP contribution in [0.5, 0.6) is 0 Å². The molecule has 0 heterocycles. The van der Waals surface area contributed by atoms with Crippen molar-refractivity contribution in [3.05, 3.63) is 59.2 Å². The normalized spacial score (nSPS) is 11.0. The summed E-state index contributed by atoms with van der Waals surface area (Å²) in [5.74, 6) is 0.00780. The molecule has 3 N–H and O–H groups in total. The quantitative estimate of drug-likeness (QED) is 0.737. The molecule has 6 nitrogen and oxygen atoms in total. The summed E-state index contributed by atoms with van der Waals surface area (Å²) in [6, 6.07) is 12.6. The van der Waals surface area contributed by atoms with Gasteiger partial charge in [-0.2, -0.15) is 0 Å². The maximum atomic E-state index is 12.0. The molecule has 0 atom stereocenters. The van der Waals surface area contributed by atoms with Crippen LogP contribution in [0.25, 0.3) is 0 Å². The molecular weight excluding hydrogens is 338 g/mol. The fourth-order valence-corrected chi connectivity index (χ4v) is 2.87. The van der Waals surface area contributed by atoms with Gasteiger partial charge in [0.05, 0.1) is 11.4 Å². The number of amides is 2. The summed E-state index contributed by atoms with van der Waals surface area (Å²) < 4.78 is 25.8. The van der Waals surface area contributed by atoms with Gasteiger partial charge < -0.3 is 10.6 Å². The Labute approximate surface area is 148 Å². The van der Waals surface area contributed by atoms with E-state index < -0.39 is 10.0 Å². The topological polar surface area (TPSA) is 87.3 Å². The molecule has 0 fully saturated rings. The SMILES string of the molecule is CCS(=O)(=O)Nc1ccc(NC(=O)NCc2ccc(C)cc2)cc1C. The third kappa shape index (κ3) is 5.79. The number of hydrogen-bond acceptors (Lipinski definition) is 3. The Morgan fingerprint density at radius 3 is 2.32 bits per heavy atom. The summed E-state index contributed by atoms with van der Waals surface area (Å²) in [7, 11) is -3.32. The van der Waals surface area contributed by atoms with Crippen molar-refractivity contribution < 1.29 is 13.2 Å². The molecule has 0 spiro atoms. The predicted octanol–water partition coefficient (Wildman–Crippen LogP) is 3.39. The summed E-state index contributed by atoms with van der Waals surface area (Å²) in [5.41, 5.74) is 4.02. The van der Waals surface area contributed by atoms with Crippen LogP contribution in [-0.4, -0.2) is 20.2 Å². The molecule has 2 aromatic carbocycles. The summed E-state index contributed by atoms with van der Waals surface area (Å²) in [6.07, 6.45) is 0. The van der Waals surface area contributed by atoms with Crippen molar-refractivity contribution in [2.75, 3.05) is 15.8 Å². The third-order valence-electron chi connectivity index (χ3n) is 3.70. The molecule has 2 rings (SSSR count). The van der Waals surface area contributed by atoms with Crippen molar-refractivity contribution >= 4 is 27.4 Å². The van der Waals surface area contributed by atoms with E-state index in [2.05, 4.69) is 15.4 Å². The number of hydrogen-bond donors (Lipinski definition) is 3. The van der Waals surface area contributed by atoms with Crippen LogP contribution >= 0.6 is 0 Å². The lowest BCUT2D eigenvalue weighted by Gasteiger charge is -2.12. The van der Waals surface area contributed by atoms with Gasteiger partial charge in [0.25, 0.3) is 0 Å². The van der Waals surface area contributed by atoms with Gasteiger partial charge in [-0.3, -0.25) is 4.72 Å². The highest BCUT2D eigenvalue weighted by Crippen LogP contribution is 2.20. The summed E-state index contributed by atoms with van der Waals surface area (Å²) in [6.45, 7) is 5.80. The van der Waals surface area contributed by atoms with Gasteiger partial charge in [0, 0.05) is 12.2 Å². The van der Waals surface area contributed by atoms with Gasteiger partial charge in [-0.05, 0) is 50.1 Å². The second-order valence-electron chi connectivity index (χ2n) is 5.83. The minimum absolute atomic E-state index is 0.00780. The molecule has 0 aliphatic rings. The maximum absolute atomic E-state index is 12.0. The lowest BCUT2D eigenvalue weighted by molar-refractivity contribution is 0.251. The lowest BCUT2D eigenvalue weighted by atomic mass is 10.1. The standard InChI is InChI=1S/C18H23N3O3S/c1-4-25(23,24)21-17-10-9-16(11-14(17)3)20-18(22)19-12-15-7-5-13(2)6-8-15/h5-11,21H,4,12H2,1-3H3,(H2,19,20,22). The number of carbonyl (C=O) groups is 1. The van der Waals surface area contributed by atoms with Gasteiger partial charge in [0.2, 0.25) is 10.0 Å². The smallest absolute Gasteiger partial charge is 0.319 e. The van der Waals surface area contributed by atoms with Crippen molar-refractivity contribution in [1.82, 2.24) is 5.32 Å². The molecule has 0 bridgehead atoms. The van der Waals surface area contributed by atoms with E-state index in [1.54, 1.807) is 32.0 Å². The van der Waals surface area contributed by atoms with Crippen LogP contribution in [0.4, 0.5) is 16.2 Å². The summed E-state index contributed by atoms with van der Waals surface area (Å²) in [4.78, 5) is 12.0. The first-order valence-electron chi connectivity index (χ1n) is 8.00. The fraction of sp³-hybridized carbons (Fsp3) is 0.278. The van der Waals surface area contributed by atoms with Gasteiger partial charge in [-0.1, -0.05) is 29.8 Å². The molecule has 0 unspecified atom stereocenters. The highest BCUT2D eigenvalue weighted by molar-refractivity contribution is 7.92. The predicted molar refractivity (Wildman–Crippen MR) is 101 cm³/mol. The van der Waals surface area contributed by atoms with Crippen LogP contribution in [0.1, 0.15) is 23.6 Å². The summed E-state index contributed by atoms with van der Waals surface area (Å²) in [5, 5.41) is 5.53. The number of rotatable bonds is 6. The number of nitrogens with one attached hydrogen (secondary N) is 3. The molecule has 0 radical (unpaired) electrons. The Morgan fingerprint density at radius 2 is 1.72 bits per heavy atom. The van der Waals surface area contributed by atoms with Crippen molar-refractivity contribution in [3.63, 3.8) is 0 Å². The molecule has 0 saturated carbocycles. The first kappa shape index (κ1) is 18.8. The average Bonchev–Trinajstić information content (AvgIpc) is 2.57. The van der Waals surface area contributed by atoms with E-state index in [9.17, 15) is 13.2 Å². The minimum atomic E-state index is -3.32. The Morgan fingerprint density at radius 1 is 1.04 bits per heavy atom. The van der Waals surface area contributed by atoms with Crippen molar-refractivity contribution in [2.45, 2.75) is 27.3 Å². The Hall–Kier alpha value is -2.54. The van der Waals surface area contributed by atoms with Crippen LogP contribution in [0.15, 0.2) is 42.5 Å². The number of anilines is 2. The zero-order valence-electron chi connectivity index (χ0n) is 14.6. The van der Waals surface area contributed by atoms with Crippen LogP contribution in [-0.2, 0) is 16.6 Å². The van der Waals surface area contributed by atoms with E-state index in [4.69, 9.17) is 0 Å². The second-order valence-corrected chi connectivity index (χ2v) is 7.84. The molecule has 134 valence electrons. The number of carbonyl (C=O) groups excluding carboxylic acids is 1. The van der Waals surface area contributed by atoms with Crippen molar-refractivity contribution in [3.8, 4) is 0 Å². The number of sulfonamides is 1.